The number of aliphatic imine (C=N–C) groups is 1. The zero-order valence-electron chi connectivity index (χ0n) is 18.2. The summed E-state index contributed by atoms with van der Waals surface area (Å²) in [6, 6.07) is 9.41. The molecule has 0 radical (unpaired) electrons. The summed E-state index contributed by atoms with van der Waals surface area (Å²) < 4.78 is 0. The van der Waals surface area contributed by atoms with Crippen molar-refractivity contribution in [2.75, 3.05) is 40.3 Å². The zero-order valence-corrected chi connectivity index (χ0v) is 19.1. The lowest BCUT2D eigenvalue weighted by molar-refractivity contribution is 0.0621. The highest BCUT2D eigenvalue weighted by atomic mass is 32.1. The number of likely N-dealkylation sites (N-methyl/N-ethyl adjacent to an activating group) is 1. The standard InChI is InChI=1S/C22H33N5O2S/c1-5-23-21(26-16-22(2,29)19-9-12-30-15-19)25-14-17-7-6-8-18(13-17)20(28)24-10-11-27(3)4/h6-9,12-13,15,29H,5,10-11,14,16H2,1-4H3,(H,24,28)(H2,23,25,26). The van der Waals surface area contributed by atoms with Crippen LogP contribution in [0.5, 0.6) is 0 Å². The predicted octanol–water partition coefficient (Wildman–Crippen LogP) is 2.00. The fraction of sp³-hybridized carbons (Fsp3) is 0.455. The molecule has 0 saturated heterocycles. The van der Waals surface area contributed by atoms with Crippen LogP contribution in [0.25, 0.3) is 0 Å². The second-order valence-corrected chi connectivity index (χ2v) is 8.37. The molecule has 4 N–H and O–H groups in total. The Morgan fingerprint density at radius 3 is 2.70 bits per heavy atom. The van der Waals surface area contributed by atoms with E-state index in [1.165, 1.54) is 0 Å². The molecule has 2 rings (SSSR count). The van der Waals surface area contributed by atoms with Crippen LogP contribution in [-0.2, 0) is 12.1 Å². The summed E-state index contributed by atoms with van der Waals surface area (Å²) in [5.41, 5.74) is 1.46. The van der Waals surface area contributed by atoms with E-state index in [4.69, 9.17) is 0 Å². The molecule has 30 heavy (non-hydrogen) atoms. The van der Waals surface area contributed by atoms with Crippen molar-refractivity contribution < 1.29 is 9.90 Å². The first kappa shape index (κ1) is 23.9. The van der Waals surface area contributed by atoms with Crippen LogP contribution in [0.2, 0.25) is 0 Å². The first-order chi connectivity index (χ1) is 14.3. The molecule has 1 aromatic carbocycles. The van der Waals surface area contributed by atoms with Crippen molar-refractivity contribution >= 4 is 23.2 Å². The lowest BCUT2D eigenvalue weighted by Crippen LogP contribution is -2.44. The van der Waals surface area contributed by atoms with Gasteiger partial charge in [0, 0.05) is 25.2 Å². The van der Waals surface area contributed by atoms with Crippen molar-refractivity contribution in [1.29, 1.82) is 0 Å². The molecule has 164 valence electrons. The molecule has 0 aliphatic carbocycles. The number of benzene rings is 1. The van der Waals surface area contributed by atoms with Crippen molar-refractivity contribution in [1.82, 2.24) is 20.9 Å². The fourth-order valence-electron chi connectivity index (χ4n) is 2.75. The van der Waals surface area contributed by atoms with Crippen molar-refractivity contribution in [2.24, 2.45) is 4.99 Å². The molecular weight excluding hydrogens is 398 g/mol. The van der Waals surface area contributed by atoms with Gasteiger partial charge in [0.15, 0.2) is 5.96 Å². The van der Waals surface area contributed by atoms with E-state index in [0.717, 1.165) is 17.7 Å². The molecule has 1 aromatic heterocycles. The van der Waals surface area contributed by atoms with Crippen LogP contribution in [0, 0.1) is 0 Å². The summed E-state index contributed by atoms with van der Waals surface area (Å²) in [5.74, 6) is 0.536. The van der Waals surface area contributed by atoms with E-state index in [2.05, 4.69) is 20.9 Å². The van der Waals surface area contributed by atoms with Gasteiger partial charge < -0.3 is 26.0 Å². The second-order valence-electron chi connectivity index (χ2n) is 7.59. The summed E-state index contributed by atoms with van der Waals surface area (Å²) in [7, 11) is 3.95. The average molecular weight is 432 g/mol. The van der Waals surface area contributed by atoms with Gasteiger partial charge in [-0.1, -0.05) is 12.1 Å². The van der Waals surface area contributed by atoms with E-state index in [0.29, 0.717) is 37.7 Å². The summed E-state index contributed by atoms with van der Waals surface area (Å²) in [4.78, 5) is 19.0. The SMILES string of the molecule is CCNC(=NCc1cccc(C(=O)NCCN(C)C)c1)NCC(C)(O)c1ccsc1. The van der Waals surface area contributed by atoms with Crippen LogP contribution in [0.1, 0.15) is 35.3 Å². The Morgan fingerprint density at radius 1 is 1.23 bits per heavy atom. The number of amides is 1. The van der Waals surface area contributed by atoms with Gasteiger partial charge in [-0.2, -0.15) is 11.3 Å². The van der Waals surface area contributed by atoms with E-state index in [1.54, 1.807) is 24.3 Å². The number of guanidine groups is 1. The van der Waals surface area contributed by atoms with E-state index in [9.17, 15) is 9.90 Å². The minimum absolute atomic E-state index is 0.0838. The molecule has 0 spiro atoms. The summed E-state index contributed by atoms with van der Waals surface area (Å²) in [6.07, 6.45) is 0. The third-order valence-corrected chi connectivity index (χ3v) is 5.22. The van der Waals surface area contributed by atoms with Crippen molar-refractivity contribution in [3.8, 4) is 0 Å². The average Bonchev–Trinajstić information content (AvgIpc) is 3.26. The highest BCUT2D eigenvalue weighted by molar-refractivity contribution is 7.08. The maximum Gasteiger partial charge on any atom is 0.251 e. The zero-order chi connectivity index (χ0) is 22.0. The molecule has 7 nitrogen and oxygen atoms in total. The van der Waals surface area contributed by atoms with Crippen LogP contribution in [0.3, 0.4) is 0 Å². The maximum absolute atomic E-state index is 12.3. The van der Waals surface area contributed by atoms with Gasteiger partial charge in [0.1, 0.15) is 5.60 Å². The molecule has 1 unspecified atom stereocenters. The highest BCUT2D eigenvalue weighted by Gasteiger charge is 2.23. The Labute approximate surface area is 183 Å². The van der Waals surface area contributed by atoms with Gasteiger partial charge in [-0.05, 0) is 68.0 Å². The third-order valence-electron chi connectivity index (χ3n) is 4.54. The number of rotatable bonds is 10. The van der Waals surface area contributed by atoms with Crippen molar-refractivity contribution in [3.63, 3.8) is 0 Å². The molecule has 0 aliphatic heterocycles. The van der Waals surface area contributed by atoms with E-state index in [1.807, 2.05) is 60.9 Å². The van der Waals surface area contributed by atoms with Crippen molar-refractivity contribution in [2.45, 2.75) is 26.0 Å². The normalized spacial score (nSPS) is 13.7. The largest absolute Gasteiger partial charge is 0.384 e. The predicted molar refractivity (Wildman–Crippen MR) is 124 cm³/mol. The highest BCUT2D eigenvalue weighted by Crippen LogP contribution is 2.21. The Kier molecular flexibility index (Phi) is 9.29. The molecule has 1 heterocycles. The summed E-state index contributed by atoms with van der Waals surface area (Å²) in [6.45, 7) is 6.64. The number of carbonyl (C=O) groups is 1. The van der Waals surface area contributed by atoms with Crippen molar-refractivity contribution in [3.05, 3.63) is 57.8 Å². The van der Waals surface area contributed by atoms with Gasteiger partial charge in [-0.15, -0.1) is 0 Å². The Hall–Kier alpha value is -2.42. The number of thiophene rings is 1. The van der Waals surface area contributed by atoms with Crippen LogP contribution in [0.4, 0.5) is 0 Å². The second kappa shape index (κ2) is 11.7. The maximum atomic E-state index is 12.3. The topological polar surface area (TPSA) is 89.0 Å². The lowest BCUT2D eigenvalue weighted by atomic mass is 9.99. The quantitative estimate of drug-likeness (QED) is 0.341. The first-order valence-corrected chi connectivity index (χ1v) is 11.0. The monoisotopic (exact) mass is 431 g/mol. The van der Waals surface area contributed by atoms with Gasteiger partial charge in [0.2, 0.25) is 0 Å². The third kappa shape index (κ3) is 7.78. The van der Waals surface area contributed by atoms with Gasteiger partial charge in [-0.3, -0.25) is 4.79 Å². The molecule has 0 saturated carbocycles. The Morgan fingerprint density at radius 2 is 2.03 bits per heavy atom. The minimum atomic E-state index is -0.985. The van der Waals surface area contributed by atoms with Crippen LogP contribution in [-0.4, -0.2) is 62.1 Å². The number of aliphatic hydroxyl groups is 1. The van der Waals surface area contributed by atoms with Gasteiger partial charge in [0.25, 0.3) is 5.91 Å². The van der Waals surface area contributed by atoms with E-state index < -0.39 is 5.60 Å². The molecular formula is C22H33N5O2S. The summed E-state index contributed by atoms with van der Waals surface area (Å²) >= 11 is 1.56. The Balaban J connectivity index is 1.97. The molecule has 8 heteroatoms. The van der Waals surface area contributed by atoms with Gasteiger partial charge >= 0.3 is 0 Å². The molecule has 0 bridgehead atoms. The number of carbonyl (C=O) groups excluding carboxylic acids is 1. The molecule has 1 atom stereocenters. The molecule has 0 aliphatic rings. The van der Waals surface area contributed by atoms with Gasteiger partial charge in [0.05, 0.1) is 13.1 Å². The van der Waals surface area contributed by atoms with Gasteiger partial charge in [-0.25, -0.2) is 4.99 Å². The van der Waals surface area contributed by atoms with E-state index >= 15 is 0 Å². The van der Waals surface area contributed by atoms with E-state index in [-0.39, 0.29) is 5.91 Å². The van der Waals surface area contributed by atoms with Crippen LogP contribution < -0.4 is 16.0 Å². The van der Waals surface area contributed by atoms with Crippen LogP contribution in [0.15, 0.2) is 46.1 Å². The molecule has 1 amide bonds. The molecule has 2 aromatic rings. The first-order valence-electron chi connectivity index (χ1n) is 10.1. The fourth-order valence-corrected chi connectivity index (χ4v) is 3.53. The molecule has 0 fully saturated rings. The smallest absolute Gasteiger partial charge is 0.251 e. The summed E-state index contributed by atoms with van der Waals surface area (Å²) in [5, 5.41) is 23.9. The number of hydrogen-bond donors (Lipinski definition) is 4. The minimum Gasteiger partial charge on any atom is -0.384 e. The lowest BCUT2D eigenvalue weighted by Gasteiger charge is -2.24. The Bertz CT molecular complexity index is 819. The van der Waals surface area contributed by atoms with Crippen LogP contribution >= 0.6 is 11.3 Å². The number of nitrogens with zero attached hydrogens (tertiary/aromatic N) is 2. The number of nitrogens with one attached hydrogen (secondary N) is 3. The number of hydrogen-bond acceptors (Lipinski definition) is 5.